The van der Waals surface area contributed by atoms with Gasteiger partial charge in [0.1, 0.15) is 5.41 Å². The highest BCUT2D eigenvalue weighted by molar-refractivity contribution is 5.84. The quantitative estimate of drug-likeness (QED) is 0.727. The molecule has 0 bridgehead atoms. The van der Waals surface area contributed by atoms with E-state index >= 15 is 0 Å². The van der Waals surface area contributed by atoms with Crippen LogP contribution in [-0.2, 0) is 32.5 Å². The third-order valence-electron chi connectivity index (χ3n) is 3.92. The molecule has 0 atom stereocenters. The summed E-state index contributed by atoms with van der Waals surface area (Å²) in [4.78, 5) is 11.9. The van der Waals surface area contributed by atoms with E-state index in [0.29, 0.717) is 13.2 Å². The number of benzene rings is 1. The van der Waals surface area contributed by atoms with Crippen molar-refractivity contribution < 1.29 is 14.3 Å². The summed E-state index contributed by atoms with van der Waals surface area (Å²) >= 11 is 0. The average molecular weight is 232 g/mol. The minimum absolute atomic E-state index is 0.179. The maximum Gasteiger partial charge on any atom is 0.321 e. The van der Waals surface area contributed by atoms with E-state index in [1.807, 2.05) is 0 Å². The van der Waals surface area contributed by atoms with Crippen LogP contribution in [0.25, 0.3) is 0 Å². The van der Waals surface area contributed by atoms with Crippen molar-refractivity contribution in [3.63, 3.8) is 0 Å². The van der Waals surface area contributed by atoms with Crippen LogP contribution >= 0.6 is 0 Å². The molecule has 0 spiro atoms. The molecule has 1 aliphatic heterocycles. The zero-order valence-corrected chi connectivity index (χ0v) is 9.99. The molecular weight excluding hydrogens is 216 g/mol. The fraction of sp³-hybridized carbons (Fsp3) is 0.500. The first-order valence-corrected chi connectivity index (χ1v) is 6.05. The van der Waals surface area contributed by atoms with E-state index in [4.69, 9.17) is 9.47 Å². The first kappa shape index (κ1) is 10.8. The molecule has 90 valence electrons. The molecule has 3 rings (SSSR count). The van der Waals surface area contributed by atoms with Crippen molar-refractivity contribution in [2.24, 2.45) is 0 Å². The van der Waals surface area contributed by atoms with Gasteiger partial charge in [-0.25, -0.2) is 0 Å². The molecule has 0 amide bonds. The number of rotatable bonds is 2. The van der Waals surface area contributed by atoms with Gasteiger partial charge in [-0.3, -0.25) is 4.79 Å². The molecule has 0 saturated carbocycles. The SMILES string of the molecule is COC(=O)C1(c2ccc3c(c2)CCC3)COC1. The maximum absolute atomic E-state index is 11.9. The number of hydrogen-bond donors (Lipinski definition) is 0. The molecule has 0 aromatic heterocycles. The number of aryl methyl sites for hydroxylation is 2. The van der Waals surface area contributed by atoms with Gasteiger partial charge in [0.25, 0.3) is 0 Å². The van der Waals surface area contributed by atoms with Gasteiger partial charge in [0, 0.05) is 0 Å². The number of hydrogen-bond acceptors (Lipinski definition) is 3. The largest absolute Gasteiger partial charge is 0.468 e. The molecule has 1 fully saturated rings. The Labute approximate surface area is 101 Å². The summed E-state index contributed by atoms with van der Waals surface area (Å²) < 4.78 is 10.1. The Balaban J connectivity index is 2.00. The number of carbonyl (C=O) groups is 1. The monoisotopic (exact) mass is 232 g/mol. The lowest BCUT2D eigenvalue weighted by Crippen LogP contribution is -2.53. The van der Waals surface area contributed by atoms with Gasteiger partial charge < -0.3 is 9.47 Å². The summed E-state index contributed by atoms with van der Waals surface area (Å²) in [6, 6.07) is 6.38. The van der Waals surface area contributed by atoms with E-state index < -0.39 is 5.41 Å². The molecule has 0 N–H and O–H groups in total. The Kier molecular flexibility index (Phi) is 2.44. The molecule has 1 saturated heterocycles. The van der Waals surface area contributed by atoms with Crippen LogP contribution in [0.3, 0.4) is 0 Å². The molecule has 17 heavy (non-hydrogen) atoms. The van der Waals surface area contributed by atoms with Crippen LogP contribution in [0.1, 0.15) is 23.1 Å². The zero-order valence-electron chi connectivity index (χ0n) is 9.99. The lowest BCUT2D eigenvalue weighted by atomic mass is 9.78. The minimum atomic E-state index is -0.549. The molecule has 3 heteroatoms. The van der Waals surface area contributed by atoms with Crippen LogP contribution < -0.4 is 0 Å². The zero-order chi connectivity index (χ0) is 11.9. The summed E-state index contributed by atoms with van der Waals surface area (Å²) in [5, 5.41) is 0. The third kappa shape index (κ3) is 1.49. The molecule has 1 aromatic carbocycles. The molecule has 1 aliphatic carbocycles. The van der Waals surface area contributed by atoms with Crippen molar-refractivity contribution in [1.29, 1.82) is 0 Å². The van der Waals surface area contributed by atoms with Crippen molar-refractivity contribution >= 4 is 5.97 Å². The number of fused-ring (bicyclic) bond motifs is 1. The van der Waals surface area contributed by atoms with Gasteiger partial charge in [-0.05, 0) is 36.0 Å². The van der Waals surface area contributed by atoms with Crippen LogP contribution in [0, 0.1) is 0 Å². The second-order valence-electron chi connectivity index (χ2n) is 4.90. The van der Waals surface area contributed by atoms with E-state index in [0.717, 1.165) is 18.4 Å². The molecule has 1 heterocycles. The topological polar surface area (TPSA) is 35.5 Å². The minimum Gasteiger partial charge on any atom is -0.468 e. The Morgan fingerprint density at radius 2 is 2.06 bits per heavy atom. The summed E-state index contributed by atoms with van der Waals surface area (Å²) in [5.41, 5.74) is 3.31. The predicted octanol–water partition coefficient (Wildman–Crippen LogP) is 1.62. The second kappa shape index (κ2) is 3.84. The van der Waals surface area contributed by atoms with Crippen LogP contribution in [-0.4, -0.2) is 26.3 Å². The number of methoxy groups -OCH3 is 1. The fourth-order valence-electron chi connectivity index (χ4n) is 2.77. The van der Waals surface area contributed by atoms with Gasteiger partial charge in [-0.1, -0.05) is 18.2 Å². The normalized spacial score (nSPS) is 20.5. The summed E-state index contributed by atoms with van der Waals surface area (Å²) in [5.74, 6) is -0.179. The van der Waals surface area contributed by atoms with Gasteiger partial charge in [-0.2, -0.15) is 0 Å². The van der Waals surface area contributed by atoms with E-state index in [1.54, 1.807) is 0 Å². The van der Waals surface area contributed by atoms with Crippen LogP contribution in [0.15, 0.2) is 18.2 Å². The standard InChI is InChI=1S/C14H16O3/c1-16-13(15)14(8-17-9-14)12-6-5-10-3-2-4-11(10)7-12/h5-7H,2-4,8-9H2,1H3. The Bertz CT molecular complexity index is 461. The van der Waals surface area contributed by atoms with E-state index in [9.17, 15) is 4.79 Å². The van der Waals surface area contributed by atoms with Crippen LogP contribution in [0.4, 0.5) is 0 Å². The van der Waals surface area contributed by atoms with Crippen molar-refractivity contribution in [3.8, 4) is 0 Å². The van der Waals surface area contributed by atoms with E-state index in [2.05, 4.69) is 18.2 Å². The Hall–Kier alpha value is -1.35. The number of ether oxygens (including phenoxy) is 2. The average Bonchev–Trinajstić information content (AvgIpc) is 2.74. The first-order valence-electron chi connectivity index (χ1n) is 6.05. The Morgan fingerprint density at radius 1 is 1.29 bits per heavy atom. The highest BCUT2D eigenvalue weighted by Crippen LogP contribution is 2.36. The molecule has 0 unspecified atom stereocenters. The van der Waals surface area contributed by atoms with Crippen molar-refractivity contribution in [2.45, 2.75) is 24.7 Å². The third-order valence-corrected chi connectivity index (χ3v) is 3.92. The van der Waals surface area contributed by atoms with Gasteiger partial charge >= 0.3 is 5.97 Å². The van der Waals surface area contributed by atoms with Gasteiger partial charge in [0.2, 0.25) is 0 Å². The summed E-state index contributed by atoms with van der Waals surface area (Å²) in [7, 11) is 1.44. The van der Waals surface area contributed by atoms with E-state index in [1.165, 1.54) is 24.7 Å². The molecule has 2 aliphatic rings. The lowest BCUT2D eigenvalue weighted by molar-refractivity contribution is -0.166. The molecule has 1 aromatic rings. The highest BCUT2D eigenvalue weighted by Gasteiger charge is 2.48. The first-order chi connectivity index (χ1) is 8.26. The predicted molar refractivity (Wildman–Crippen MR) is 63.0 cm³/mol. The van der Waals surface area contributed by atoms with Crippen LogP contribution in [0.5, 0.6) is 0 Å². The van der Waals surface area contributed by atoms with Gasteiger partial charge in [0.05, 0.1) is 20.3 Å². The summed E-state index contributed by atoms with van der Waals surface area (Å²) in [6.07, 6.45) is 3.51. The second-order valence-corrected chi connectivity index (χ2v) is 4.90. The smallest absolute Gasteiger partial charge is 0.321 e. The summed E-state index contributed by atoms with van der Waals surface area (Å²) in [6.45, 7) is 0.886. The van der Waals surface area contributed by atoms with Crippen LogP contribution in [0.2, 0.25) is 0 Å². The molecule has 3 nitrogen and oxygen atoms in total. The lowest BCUT2D eigenvalue weighted by Gasteiger charge is -2.39. The van der Waals surface area contributed by atoms with Crippen molar-refractivity contribution in [2.75, 3.05) is 20.3 Å². The van der Waals surface area contributed by atoms with Crippen molar-refractivity contribution in [1.82, 2.24) is 0 Å². The van der Waals surface area contributed by atoms with Gasteiger partial charge in [-0.15, -0.1) is 0 Å². The number of esters is 1. The molecular formula is C14H16O3. The maximum atomic E-state index is 11.9. The molecule has 0 radical (unpaired) electrons. The van der Waals surface area contributed by atoms with Crippen molar-refractivity contribution in [3.05, 3.63) is 34.9 Å². The fourth-order valence-corrected chi connectivity index (χ4v) is 2.77. The van der Waals surface area contributed by atoms with Gasteiger partial charge in [0.15, 0.2) is 0 Å². The van der Waals surface area contributed by atoms with E-state index in [-0.39, 0.29) is 5.97 Å². The Morgan fingerprint density at radius 3 is 2.71 bits per heavy atom. The highest BCUT2D eigenvalue weighted by atomic mass is 16.5. The number of carbonyl (C=O) groups excluding carboxylic acids is 1.